The summed E-state index contributed by atoms with van der Waals surface area (Å²) in [6.45, 7) is 1.03. The van der Waals surface area contributed by atoms with Crippen molar-refractivity contribution < 1.29 is 19.2 Å². The minimum Gasteiger partial charge on any atom is -0.345 e. The molecule has 5 amide bonds. The Morgan fingerprint density at radius 1 is 1.10 bits per heavy atom. The van der Waals surface area contributed by atoms with E-state index in [-0.39, 0.29) is 10.9 Å². The van der Waals surface area contributed by atoms with Crippen molar-refractivity contribution in [3.05, 3.63) is 63.6 Å². The molecule has 2 N–H and O–H groups in total. The first kappa shape index (κ1) is 22.6. The lowest BCUT2D eigenvalue weighted by Gasteiger charge is -2.23. The topological polar surface area (TPSA) is 98.8 Å². The van der Waals surface area contributed by atoms with Crippen LogP contribution in [0.25, 0.3) is 0 Å². The number of benzene rings is 2. The van der Waals surface area contributed by atoms with Crippen LogP contribution < -0.4 is 10.6 Å². The fraction of sp³-hybridized carbons (Fsp3) is 0.238. The molecular formula is C21H20Cl2N4O4. The Bertz CT molecular complexity index is 1070. The smallest absolute Gasteiger partial charge is 0.325 e. The number of nitrogens with one attached hydrogen (secondary N) is 2. The van der Waals surface area contributed by atoms with Gasteiger partial charge < -0.3 is 15.5 Å². The molecule has 3 rings (SSSR count). The SMILES string of the molecule is CN(C)C(=O)c1ccc(NC(=O)CN2C(=O)NC(C)(c3ccc(Cl)cc3Cl)C2=O)cc1. The molecule has 2 aromatic rings. The van der Waals surface area contributed by atoms with E-state index in [2.05, 4.69) is 10.6 Å². The summed E-state index contributed by atoms with van der Waals surface area (Å²) in [7, 11) is 3.28. The molecule has 31 heavy (non-hydrogen) atoms. The van der Waals surface area contributed by atoms with Crippen LogP contribution in [0.15, 0.2) is 42.5 Å². The summed E-state index contributed by atoms with van der Waals surface area (Å²) in [6.07, 6.45) is 0. The van der Waals surface area contributed by atoms with Crippen LogP contribution >= 0.6 is 23.2 Å². The molecule has 0 spiro atoms. The van der Waals surface area contributed by atoms with Crippen LogP contribution in [0.2, 0.25) is 10.0 Å². The Hall–Kier alpha value is -3.10. The van der Waals surface area contributed by atoms with Crippen molar-refractivity contribution in [3.8, 4) is 0 Å². The van der Waals surface area contributed by atoms with Crippen molar-refractivity contribution in [2.75, 3.05) is 26.0 Å². The van der Waals surface area contributed by atoms with E-state index in [0.717, 1.165) is 4.90 Å². The predicted molar refractivity (Wildman–Crippen MR) is 117 cm³/mol. The molecule has 0 bridgehead atoms. The van der Waals surface area contributed by atoms with Crippen molar-refractivity contribution >= 4 is 52.6 Å². The first-order valence-corrected chi connectivity index (χ1v) is 9.99. The number of hydrogen-bond donors (Lipinski definition) is 2. The van der Waals surface area contributed by atoms with Gasteiger partial charge in [0.2, 0.25) is 5.91 Å². The standard InChI is InChI=1S/C21H20Cl2N4O4/c1-21(15-9-6-13(22)10-16(15)23)19(30)27(20(31)25-21)11-17(28)24-14-7-4-12(5-8-14)18(29)26(2)3/h4-10H,11H2,1-3H3,(H,24,28)(H,25,31). The number of hydrogen-bond acceptors (Lipinski definition) is 4. The van der Waals surface area contributed by atoms with E-state index in [1.165, 1.54) is 17.9 Å². The Kier molecular flexibility index (Phi) is 6.24. The van der Waals surface area contributed by atoms with Gasteiger partial charge in [-0.1, -0.05) is 29.3 Å². The van der Waals surface area contributed by atoms with Crippen LogP contribution in [0.3, 0.4) is 0 Å². The molecule has 1 unspecified atom stereocenters. The highest BCUT2D eigenvalue weighted by Gasteiger charge is 2.50. The fourth-order valence-corrected chi connectivity index (χ4v) is 3.81. The number of carbonyl (C=O) groups excluding carboxylic acids is 4. The molecule has 1 aliphatic heterocycles. The summed E-state index contributed by atoms with van der Waals surface area (Å²) in [5.41, 5.74) is -0.155. The van der Waals surface area contributed by atoms with Crippen LogP contribution in [-0.4, -0.2) is 54.2 Å². The Morgan fingerprint density at radius 2 is 1.74 bits per heavy atom. The van der Waals surface area contributed by atoms with Gasteiger partial charge in [-0.25, -0.2) is 4.79 Å². The van der Waals surface area contributed by atoms with Crippen LogP contribution in [0, 0.1) is 0 Å². The average Bonchev–Trinajstić information content (AvgIpc) is 2.91. The van der Waals surface area contributed by atoms with Gasteiger partial charge in [-0.15, -0.1) is 0 Å². The third kappa shape index (κ3) is 4.50. The highest BCUT2D eigenvalue weighted by Crippen LogP contribution is 2.34. The van der Waals surface area contributed by atoms with Crippen LogP contribution in [0.4, 0.5) is 10.5 Å². The number of imide groups is 1. The number of urea groups is 1. The Balaban J connectivity index is 1.71. The highest BCUT2D eigenvalue weighted by atomic mass is 35.5. The van der Waals surface area contributed by atoms with Crippen LogP contribution in [-0.2, 0) is 15.1 Å². The molecule has 10 heteroatoms. The third-order valence-electron chi connectivity index (χ3n) is 4.87. The minimum atomic E-state index is -1.42. The zero-order valence-corrected chi connectivity index (χ0v) is 18.5. The van der Waals surface area contributed by atoms with Gasteiger partial charge in [-0.3, -0.25) is 19.3 Å². The van der Waals surface area contributed by atoms with E-state index in [1.807, 2.05) is 0 Å². The Morgan fingerprint density at radius 3 is 2.32 bits per heavy atom. The van der Waals surface area contributed by atoms with Crippen molar-refractivity contribution in [2.24, 2.45) is 0 Å². The molecule has 0 radical (unpaired) electrons. The first-order chi connectivity index (χ1) is 14.5. The van der Waals surface area contributed by atoms with E-state index < -0.39 is 29.9 Å². The van der Waals surface area contributed by atoms with Gasteiger partial charge in [0.25, 0.3) is 11.8 Å². The summed E-state index contributed by atoms with van der Waals surface area (Å²) in [4.78, 5) is 52.0. The lowest BCUT2D eigenvalue weighted by atomic mass is 9.92. The molecule has 8 nitrogen and oxygen atoms in total. The van der Waals surface area contributed by atoms with E-state index in [0.29, 0.717) is 21.8 Å². The maximum atomic E-state index is 13.0. The lowest BCUT2D eigenvalue weighted by molar-refractivity contribution is -0.133. The monoisotopic (exact) mass is 462 g/mol. The number of halogens is 2. The molecule has 1 heterocycles. The van der Waals surface area contributed by atoms with Crippen molar-refractivity contribution in [2.45, 2.75) is 12.5 Å². The molecule has 1 fully saturated rings. The van der Waals surface area contributed by atoms with E-state index in [9.17, 15) is 19.2 Å². The molecule has 1 atom stereocenters. The zero-order valence-electron chi connectivity index (χ0n) is 17.0. The van der Waals surface area contributed by atoms with E-state index >= 15 is 0 Å². The van der Waals surface area contributed by atoms with Gasteiger partial charge in [-0.05, 0) is 43.3 Å². The van der Waals surface area contributed by atoms with Gasteiger partial charge in [0.15, 0.2) is 0 Å². The quantitative estimate of drug-likeness (QED) is 0.666. The molecule has 0 aromatic heterocycles. The molecule has 2 aromatic carbocycles. The third-order valence-corrected chi connectivity index (χ3v) is 5.42. The second-order valence-electron chi connectivity index (χ2n) is 7.40. The molecule has 162 valence electrons. The molecule has 0 aliphatic carbocycles. The number of nitrogens with zero attached hydrogens (tertiary/aromatic N) is 2. The fourth-order valence-electron chi connectivity index (χ4n) is 3.22. The Labute approximate surface area is 189 Å². The van der Waals surface area contributed by atoms with Crippen molar-refractivity contribution in [1.82, 2.24) is 15.1 Å². The van der Waals surface area contributed by atoms with Crippen molar-refractivity contribution in [3.63, 3.8) is 0 Å². The first-order valence-electron chi connectivity index (χ1n) is 9.24. The lowest BCUT2D eigenvalue weighted by Crippen LogP contribution is -2.42. The summed E-state index contributed by atoms with van der Waals surface area (Å²) in [6, 6.07) is 10.2. The molecule has 1 saturated heterocycles. The molecule has 1 aliphatic rings. The van der Waals surface area contributed by atoms with Crippen molar-refractivity contribution in [1.29, 1.82) is 0 Å². The number of carbonyl (C=O) groups is 4. The van der Waals surface area contributed by atoms with E-state index in [4.69, 9.17) is 23.2 Å². The second-order valence-corrected chi connectivity index (χ2v) is 8.24. The summed E-state index contributed by atoms with van der Waals surface area (Å²) in [5.74, 6) is -1.34. The second kappa shape index (κ2) is 8.56. The van der Waals surface area contributed by atoms with Gasteiger partial charge in [0.1, 0.15) is 12.1 Å². The number of anilines is 1. The highest BCUT2D eigenvalue weighted by molar-refractivity contribution is 6.35. The molecule has 0 saturated carbocycles. The van der Waals surface area contributed by atoms with Gasteiger partial charge in [0, 0.05) is 41.0 Å². The number of amides is 5. The molecular weight excluding hydrogens is 443 g/mol. The normalized spacial score (nSPS) is 18.0. The van der Waals surface area contributed by atoms with Gasteiger partial charge in [-0.2, -0.15) is 0 Å². The summed E-state index contributed by atoms with van der Waals surface area (Å²) < 4.78 is 0. The summed E-state index contributed by atoms with van der Waals surface area (Å²) >= 11 is 12.1. The number of rotatable bonds is 5. The van der Waals surface area contributed by atoms with Crippen LogP contribution in [0.1, 0.15) is 22.8 Å². The average molecular weight is 463 g/mol. The van der Waals surface area contributed by atoms with Crippen LogP contribution in [0.5, 0.6) is 0 Å². The zero-order chi connectivity index (χ0) is 22.9. The maximum absolute atomic E-state index is 13.0. The predicted octanol–water partition coefficient (Wildman–Crippen LogP) is 3.10. The van der Waals surface area contributed by atoms with Gasteiger partial charge in [0.05, 0.1) is 0 Å². The largest absolute Gasteiger partial charge is 0.345 e. The van der Waals surface area contributed by atoms with Gasteiger partial charge >= 0.3 is 6.03 Å². The minimum absolute atomic E-state index is 0.169. The maximum Gasteiger partial charge on any atom is 0.325 e. The summed E-state index contributed by atoms with van der Waals surface area (Å²) in [5, 5.41) is 5.82. The van der Waals surface area contributed by atoms with E-state index in [1.54, 1.807) is 50.5 Å².